The van der Waals surface area contributed by atoms with Crippen LogP contribution in [0.3, 0.4) is 0 Å². The second-order valence-corrected chi connectivity index (χ2v) is 4.26. The summed E-state index contributed by atoms with van der Waals surface area (Å²) in [7, 11) is 0. The lowest BCUT2D eigenvalue weighted by Gasteiger charge is -2.00. The zero-order chi connectivity index (χ0) is 9.76. The van der Waals surface area contributed by atoms with Crippen LogP contribution in [0, 0.1) is 6.92 Å². The Morgan fingerprint density at radius 1 is 1.43 bits per heavy atom. The van der Waals surface area contributed by atoms with Gasteiger partial charge in [-0.3, -0.25) is 0 Å². The first-order chi connectivity index (χ1) is 6.67. The fourth-order valence-electron chi connectivity index (χ4n) is 1.72. The lowest BCUT2D eigenvalue weighted by molar-refractivity contribution is 0.691. The summed E-state index contributed by atoms with van der Waals surface area (Å²) in [5, 5.41) is 4.50. The van der Waals surface area contributed by atoms with E-state index < -0.39 is 0 Å². The van der Waals surface area contributed by atoms with Gasteiger partial charge in [0.15, 0.2) is 0 Å². The molecule has 1 aliphatic rings. The van der Waals surface area contributed by atoms with Crippen molar-refractivity contribution in [1.82, 2.24) is 9.61 Å². The van der Waals surface area contributed by atoms with E-state index in [9.17, 15) is 0 Å². The van der Waals surface area contributed by atoms with Gasteiger partial charge in [0.2, 0.25) is 0 Å². The third kappa shape index (κ3) is 1.06. The van der Waals surface area contributed by atoms with Crippen molar-refractivity contribution in [2.75, 3.05) is 0 Å². The standard InChI is InChI=1S/C11H13N3/c1-8-2-3-9-6-10(11(12)4-5-11)13-14(9)7-8/h2-3,6-7H,4-5,12H2,1H3. The molecule has 2 aromatic heterocycles. The molecule has 14 heavy (non-hydrogen) atoms. The van der Waals surface area contributed by atoms with E-state index in [0.717, 1.165) is 24.1 Å². The molecule has 1 fully saturated rings. The molecule has 0 unspecified atom stereocenters. The lowest BCUT2D eigenvalue weighted by Crippen LogP contribution is -2.19. The predicted molar refractivity (Wildman–Crippen MR) is 55.0 cm³/mol. The minimum absolute atomic E-state index is 0.125. The molecule has 0 amide bonds. The molecule has 72 valence electrons. The molecule has 0 radical (unpaired) electrons. The number of fused-ring (bicyclic) bond motifs is 1. The molecule has 0 atom stereocenters. The van der Waals surface area contributed by atoms with Crippen LogP contribution < -0.4 is 5.73 Å². The summed E-state index contributed by atoms with van der Waals surface area (Å²) in [5.74, 6) is 0. The quantitative estimate of drug-likeness (QED) is 0.736. The highest BCUT2D eigenvalue weighted by Crippen LogP contribution is 2.42. The second-order valence-electron chi connectivity index (χ2n) is 4.26. The van der Waals surface area contributed by atoms with Gasteiger partial charge in [0.05, 0.1) is 16.7 Å². The molecule has 2 N–H and O–H groups in total. The van der Waals surface area contributed by atoms with Crippen molar-refractivity contribution < 1.29 is 0 Å². The van der Waals surface area contributed by atoms with E-state index in [1.165, 1.54) is 5.56 Å². The van der Waals surface area contributed by atoms with E-state index in [4.69, 9.17) is 5.73 Å². The van der Waals surface area contributed by atoms with E-state index in [0.29, 0.717) is 0 Å². The summed E-state index contributed by atoms with van der Waals surface area (Å²) in [6.07, 6.45) is 4.16. The van der Waals surface area contributed by atoms with Gasteiger partial charge in [-0.1, -0.05) is 6.07 Å². The minimum Gasteiger partial charge on any atom is -0.320 e. The largest absolute Gasteiger partial charge is 0.320 e. The van der Waals surface area contributed by atoms with Crippen molar-refractivity contribution in [3.05, 3.63) is 35.7 Å². The summed E-state index contributed by atoms with van der Waals surface area (Å²) < 4.78 is 1.91. The fraction of sp³-hybridized carbons (Fsp3) is 0.364. The van der Waals surface area contributed by atoms with E-state index >= 15 is 0 Å². The molecule has 0 spiro atoms. The third-order valence-electron chi connectivity index (χ3n) is 2.91. The maximum atomic E-state index is 6.09. The normalized spacial score (nSPS) is 18.7. The smallest absolute Gasteiger partial charge is 0.0833 e. The molecule has 1 aliphatic carbocycles. The Kier molecular flexibility index (Phi) is 1.35. The molecule has 3 rings (SSSR count). The van der Waals surface area contributed by atoms with Gasteiger partial charge in [0, 0.05) is 6.20 Å². The molecule has 3 heteroatoms. The van der Waals surface area contributed by atoms with E-state index in [2.05, 4.69) is 30.2 Å². The van der Waals surface area contributed by atoms with Gasteiger partial charge in [0.1, 0.15) is 0 Å². The molecular weight excluding hydrogens is 174 g/mol. The van der Waals surface area contributed by atoms with Gasteiger partial charge in [-0.25, -0.2) is 4.52 Å². The highest BCUT2D eigenvalue weighted by atomic mass is 15.2. The summed E-state index contributed by atoms with van der Waals surface area (Å²) in [4.78, 5) is 0. The number of nitrogens with zero attached hydrogens (tertiary/aromatic N) is 2. The number of nitrogens with two attached hydrogens (primary N) is 1. The molecule has 0 saturated heterocycles. The Hall–Kier alpha value is -1.35. The Morgan fingerprint density at radius 3 is 2.93 bits per heavy atom. The van der Waals surface area contributed by atoms with Crippen LogP contribution in [0.4, 0.5) is 0 Å². The zero-order valence-electron chi connectivity index (χ0n) is 8.20. The predicted octanol–water partition coefficient (Wildman–Crippen LogP) is 1.59. The van der Waals surface area contributed by atoms with Gasteiger partial charge in [-0.2, -0.15) is 5.10 Å². The highest BCUT2D eigenvalue weighted by molar-refractivity contribution is 5.50. The molecule has 0 aromatic carbocycles. The number of hydrogen-bond donors (Lipinski definition) is 1. The van der Waals surface area contributed by atoms with Crippen LogP contribution in [-0.4, -0.2) is 9.61 Å². The van der Waals surface area contributed by atoms with Crippen LogP contribution in [-0.2, 0) is 5.54 Å². The molecule has 3 nitrogen and oxygen atoms in total. The van der Waals surface area contributed by atoms with Crippen LogP contribution in [0.25, 0.3) is 5.52 Å². The zero-order valence-corrected chi connectivity index (χ0v) is 8.20. The second kappa shape index (κ2) is 2.36. The number of pyridine rings is 1. The van der Waals surface area contributed by atoms with Crippen molar-refractivity contribution in [2.24, 2.45) is 5.73 Å². The van der Waals surface area contributed by atoms with Gasteiger partial charge in [0.25, 0.3) is 0 Å². The fourth-order valence-corrected chi connectivity index (χ4v) is 1.72. The van der Waals surface area contributed by atoms with Gasteiger partial charge in [-0.05, 0) is 37.5 Å². The summed E-state index contributed by atoms with van der Waals surface area (Å²) >= 11 is 0. The SMILES string of the molecule is Cc1ccc2cc(C3(N)CC3)nn2c1. The third-order valence-corrected chi connectivity index (χ3v) is 2.91. The maximum Gasteiger partial charge on any atom is 0.0833 e. The molecule has 0 bridgehead atoms. The van der Waals surface area contributed by atoms with Crippen LogP contribution in [0.15, 0.2) is 24.4 Å². The van der Waals surface area contributed by atoms with Crippen LogP contribution >= 0.6 is 0 Å². The summed E-state index contributed by atoms with van der Waals surface area (Å²) in [6.45, 7) is 2.07. The van der Waals surface area contributed by atoms with Gasteiger partial charge in [-0.15, -0.1) is 0 Å². The van der Waals surface area contributed by atoms with Crippen molar-refractivity contribution >= 4 is 5.52 Å². The van der Waals surface area contributed by atoms with Gasteiger partial charge >= 0.3 is 0 Å². The highest BCUT2D eigenvalue weighted by Gasteiger charge is 2.42. The van der Waals surface area contributed by atoms with Crippen molar-refractivity contribution in [1.29, 1.82) is 0 Å². The average Bonchev–Trinajstić information content (AvgIpc) is 2.77. The van der Waals surface area contributed by atoms with Crippen molar-refractivity contribution in [3.8, 4) is 0 Å². The Bertz CT molecular complexity index is 494. The number of aryl methyl sites for hydroxylation is 1. The Morgan fingerprint density at radius 2 is 2.21 bits per heavy atom. The minimum atomic E-state index is -0.125. The average molecular weight is 187 g/mol. The first-order valence-corrected chi connectivity index (χ1v) is 4.93. The van der Waals surface area contributed by atoms with E-state index in [-0.39, 0.29) is 5.54 Å². The van der Waals surface area contributed by atoms with E-state index in [1.807, 2.05) is 10.7 Å². The van der Waals surface area contributed by atoms with Crippen LogP contribution in [0.1, 0.15) is 24.1 Å². The number of rotatable bonds is 1. The molecule has 2 aromatic rings. The number of hydrogen-bond acceptors (Lipinski definition) is 2. The van der Waals surface area contributed by atoms with Crippen LogP contribution in [0.2, 0.25) is 0 Å². The first kappa shape index (κ1) is 8.00. The van der Waals surface area contributed by atoms with Gasteiger partial charge < -0.3 is 5.73 Å². The Labute approximate surface area is 82.5 Å². The number of aromatic nitrogens is 2. The molecule has 1 saturated carbocycles. The molecular formula is C11H13N3. The monoisotopic (exact) mass is 187 g/mol. The molecule has 0 aliphatic heterocycles. The lowest BCUT2D eigenvalue weighted by atomic mass is 10.2. The topological polar surface area (TPSA) is 43.3 Å². The van der Waals surface area contributed by atoms with Crippen LogP contribution in [0.5, 0.6) is 0 Å². The summed E-state index contributed by atoms with van der Waals surface area (Å²) in [6, 6.07) is 6.26. The molecule has 2 heterocycles. The van der Waals surface area contributed by atoms with Crippen molar-refractivity contribution in [3.63, 3.8) is 0 Å². The Balaban J connectivity index is 2.20. The maximum absolute atomic E-state index is 6.09. The summed E-state index contributed by atoms with van der Waals surface area (Å²) in [5.41, 5.74) is 9.34. The van der Waals surface area contributed by atoms with Crippen molar-refractivity contribution in [2.45, 2.75) is 25.3 Å². The van der Waals surface area contributed by atoms with E-state index in [1.54, 1.807) is 0 Å². The first-order valence-electron chi connectivity index (χ1n) is 4.93.